The summed E-state index contributed by atoms with van der Waals surface area (Å²) in [5, 5.41) is 10.7. The molecule has 18 heteroatoms. The molecule has 0 spiro atoms. The van der Waals surface area contributed by atoms with Crippen LogP contribution in [0.3, 0.4) is 0 Å². The molecule has 1 aromatic heterocycles. The van der Waals surface area contributed by atoms with Crippen molar-refractivity contribution in [3.8, 4) is 5.75 Å². The molecule has 4 N–H and O–H groups in total. The van der Waals surface area contributed by atoms with E-state index >= 15 is 4.39 Å². The number of piperidine rings is 2. The molecule has 1 unspecified atom stereocenters. The summed E-state index contributed by atoms with van der Waals surface area (Å²) in [5.41, 5.74) is 1.92. The van der Waals surface area contributed by atoms with Crippen LogP contribution >= 0.6 is 0 Å². The topological polar surface area (TPSA) is 151 Å². The number of benzene rings is 3. The van der Waals surface area contributed by atoms with Crippen LogP contribution in [0.2, 0.25) is 0 Å². The standard InChI is InChI=1S/C44H47F4N9O5/c1-49-41(59)30-5-3-4-6-33(30)51-35-22-38(50-23-31(35)44(46,47)48)52-34-8-7-29(21-37(34)62-2)55-13-11-28(12-14-55)56-17-15-54(16-18-56)24-26-19-27-25-57(43(61)40(27)32(45)20-26)36-9-10-39(58)53-42(36)60/h3-8,19-23,28,36H,9-18,24-25H2,1-2H3,(H,49,59)(H2,50,51,52)(H,53,58,60). The number of methoxy groups -OCH3 is 1. The number of amides is 4. The molecule has 8 rings (SSSR count). The lowest BCUT2D eigenvalue weighted by atomic mass is 10.0. The van der Waals surface area contributed by atoms with Crippen molar-refractivity contribution in [3.63, 3.8) is 0 Å². The van der Waals surface area contributed by atoms with Crippen molar-refractivity contribution < 1.29 is 41.5 Å². The van der Waals surface area contributed by atoms with Crippen molar-refractivity contribution in [1.29, 1.82) is 0 Å². The third-order valence-corrected chi connectivity index (χ3v) is 12.1. The van der Waals surface area contributed by atoms with E-state index in [0.29, 0.717) is 29.6 Å². The predicted octanol–water partition coefficient (Wildman–Crippen LogP) is 5.64. The number of anilines is 5. The summed E-state index contributed by atoms with van der Waals surface area (Å²) in [6.07, 6.45) is -1.71. The summed E-state index contributed by atoms with van der Waals surface area (Å²) in [6.45, 7) is 5.64. The minimum absolute atomic E-state index is 0.00224. The lowest BCUT2D eigenvalue weighted by molar-refractivity contribution is -0.138. The number of nitrogens with zero attached hydrogens (tertiary/aromatic N) is 5. The molecule has 5 heterocycles. The molecule has 0 radical (unpaired) electrons. The number of nitrogens with one attached hydrogen (secondary N) is 4. The van der Waals surface area contributed by atoms with Crippen molar-refractivity contribution in [2.75, 3.05) is 69.0 Å². The van der Waals surface area contributed by atoms with Gasteiger partial charge in [-0.2, -0.15) is 13.2 Å². The van der Waals surface area contributed by atoms with Crippen LogP contribution in [-0.2, 0) is 28.9 Å². The van der Waals surface area contributed by atoms with Gasteiger partial charge in [-0.3, -0.25) is 34.3 Å². The van der Waals surface area contributed by atoms with Crippen LogP contribution in [0, 0.1) is 5.82 Å². The number of ether oxygens (including phenoxy) is 1. The van der Waals surface area contributed by atoms with Gasteiger partial charge < -0.3 is 30.5 Å². The van der Waals surface area contributed by atoms with Gasteiger partial charge in [0, 0.05) is 95.9 Å². The first-order chi connectivity index (χ1) is 29.8. The van der Waals surface area contributed by atoms with Gasteiger partial charge in [0.15, 0.2) is 0 Å². The van der Waals surface area contributed by atoms with Crippen LogP contribution in [-0.4, -0.2) is 109 Å². The van der Waals surface area contributed by atoms with Crippen molar-refractivity contribution >= 4 is 52.2 Å². The number of rotatable bonds is 11. The van der Waals surface area contributed by atoms with Gasteiger partial charge in [0.25, 0.3) is 11.8 Å². The Kier molecular flexibility index (Phi) is 12.0. The van der Waals surface area contributed by atoms with Crippen LogP contribution in [0.15, 0.2) is 66.9 Å². The Morgan fingerprint density at radius 2 is 1.66 bits per heavy atom. The number of pyridine rings is 1. The molecule has 4 aliphatic rings. The van der Waals surface area contributed by atoms with E-state index in [0.717, 1.165) is 69.6 Å². The highest BCUT2D eigenvalue weighted by molar-refractivity contribution is 6.05. The van der Waals surface area contributed by atoms with E-state index in [4.69, 9.17) is 4.74 Å². The molecule has 62 heavy (non-hydrogen) atoms. The van der Waals surface area contributed by atoms with E-state index in [9.17, 15) is 32.3 Å². The number of fused-ring (bicyclic) bond motifs is 1. The van der Waals surface area contributed by atoms with E-state index in [1.54, 1.807) is 12.1 Å². The molecule has 4 aliphatic heterocycles. The summed E-state index contributed by atoms with van der Waals surface area (Å²) in [6, 6.07) is 16.1. The number of para-hydroxylation sites is 1. The zero-order chi connectivity index (χ0) is 43.7. The smallest absolute Gasteiger partial charge is 0.419 e. The number of hydrogen-bond donors (Lipinski definition) is 4. The lowest BCUT2D eigenvalue weighted by Crippen LogP contribution is -2.53. The fourth-order valence-electron chi connectivity index (χ4n) is 8.89. The summed E-state index contributed by atoms with van der Waals surface area (Å²) in [4.78, 5) is 62.1. The number of halogens is 4. The van der Waals surface area contributed by atoms with Crippen LogP contribution in [0.1, 0.15) is 63.1 Å². The van der Waals surface area contributed by atoms with Gasteiger partial charge in [-0.25, -0.2) is 9.37 Å². The highest BCUT2D eigenvalue weighted by Gasteiger charge is 2.41. The summed E-state index contributed by atoms with van der Waals surface area (Å²) >= 11 is 0. The fraction of sp³-hybridized carbons (Fsp3) is 0.386. The molecule has 1 atom stereocenters. The number of alkyl halides is 3. The molecule has 0 saturated carbocycles. The number of hydrogen-bond acceptors (Lipinski definition) is 11. The van der Waals surface area contributed by atoms with Gasteiger partial charge in [-0.05, 0) is 60.7 Å². The third kappa shape index (κ3) is 8.88. The monoisotopic (exact) mass is 857 g/mol. The van der Waals surface area contributed by atoms with Gasteiger partial charge in [-0.1, -0.05) is 18.2 Å². The summed E-state index contributed by atoms with van der Waals surface area (Å²) in [5.74, 6) is -1.83. The second kappa shape index (κ2) is 17.6. The Hall–Kier alpha value is -6.27. The molecule has 14 nitrogen and oxygen atoms in total. The minimum Gasteiger partial charge on any atom is -0.494 e. The van der Waals surface area contributed by atoms with E-state index in [2.05, 4.69) is 41.0 Å². The molecular weight excluding hydrogens is 811 g/mol. The molecule has 3 fully saturated rings. The largest absolute Gasteiger partial charge is 0.494 e. The molecule has 326 valence electrons. The first-order valence-electron chi connectivity index (χ1n) is 20.6. The number of carbonyl (C=O) groups excluding carboxylic acids is 4. The Morgan fingerprint density at radius 3 is 2.37 bits per heavy atom. The first-order valence-corrected chi connectivity index (χ1v) is 20.6. The zero-order valence-electron chi connectivity index (χ0n) is 34.3. The fourth-order valence-corrected chi connectivity index (χ4v) is 8.89. The Morgan fingerprint density at radius 1 is 0.903 bits per heavy atom. The average molecular weight is 858 g/mol. The summed E-state index contributed by atoms with van der Waals surface area (Å²) < 4.78 is 63.3. The van der Waals surface area contributed by atoms with Gasteiger partial charge >= 0.3 is 6.18 Å². The quantitative estimate of drug-likeness (QED) is 0.110. The molecular formula is C44H47F4N9O5. The Bertz CT molecular complexity index is 2380. The van der Waals surface area contributed by atoms with Crippen LogP contribution in [0.25, 0.3) is 0 Å². The average Bonchev–Trinajstić information content (AvgIpc) is 3.59. The second-order valence-corrected chi connectivity index (χ2v) is 15.9. The molecule has 0 bridgehead atoms. The lowest BCUT2D eigenvalue weighted by Gasteiger charge is -2.43. The van der Waals surface area contributed by atoms with Crippen LogP contribution < -0.4 is 30.9 Å². The van der Waals surface area contributed by atoms with Gasteiger partial charge in [-0.15, -0.1) is 0 Å². The summed E-state index contributed by atoms with van der Waals surface area (Å²) in [7, 11) is 2.97. The molecule has 4 aromatic rings. The number of aromatic nitrogens is 1. The minimum atomic E-state index is -4.71. The van der Waals surface area contributed by atoms with Crippen LogP contribution in [0.4, 0.5) is 46.1 Å². The highest BCUT2D eigenvalue weighted by atomic mass is 19.4. The van der Waals surface area contributed by atoms with E-state index in [1.807, 2.05) is 24.3 Å². The van der Waals surface area contributed by atoms with E-state index < -0.39 is 41.3 Å². The van der Waals surface area contributed by atoms with Gasteiger partial charge in [0.1, 0.15) is 23.4 Å². The third-order valence-electron chi connectivity index (χ3n) is 12.1. The molecule has 0 aliphatic carbocycles. The maximum Gasteiger partial charge on any atom is 0.419 e. The second-order valence-electron chi connectivity index (χ2n) is 15.9. The normalized spacial score (nSPS) is 19.0. The predicted molar refractivity (Wildman–Crippen MR) is 223 cm³/mol. The van der Waals surface area contributed by atoms with E-state index in [1.165, 1.54) is 43.3 Å². The van der Waals surface area contributed by atoms with Crippen LogP contribution in [0.5, 0.6) is 5.75 Å². The van der Waals surface area contributed by atoms with Crippen molar-refractivity contribution in [2.24, 2.45) is 0 Å². The van der Waals surface area contributed by atoms with E-state index in [-0.39, 0.29) is 53.6 Å². The van der Waals surface area contributed by atoms with Gasteiger partial charge in [0.2, 0.25) is 11.8 Å². The Balaban J connectivity index is 0.853. The number of carbonyl (C=O) groups is 4. The number of piperazine rings is 1. The van der Waals surface area contributed by atoms with Crippen molar-refractivity contribution in [3.05, 3.63) is 100 Å². The van der Waals surface area contributed by atoms with Crippen molar-refractivity contribution in [2.45, 2.75) is 57.0 Å². The Labute approximate surface area is 355 Å². The first kappa shape index (κ1) is 42.4. The molecule has 3 aromatic carbocycles. The van der Waals surface area contributed by atoms with Gasteiger partial charge in [0.05, 0.1) is 40.9 Å². The van der Waals surface area contributed by atoms with Crippen molar-refractivity contribution in [1.82, 2.24) is 30.3 Å². The zero-order valence-corrected chi connectivity index (χ0v) is 34.3. The number of imide groups is 1. The maximum absolute atomic E-state index is 15.3. The molecule has 3 saturated heterocycles. The SMILES string of the molecule is CNC(=O)c1ccccc1Nc1cc(Nc2ccc(N3CCC(N4CCN(Cc5cc(F)c6c(c5)CN(C5CCC(=O)NC5=O)C6=O)CC4)CC3)cc2OC)ncc1C(F)(F)F. The molecule has 4 amide bonds. The maximum atomic E-state index is 15.3. The highest BCUT2D eigenvalue weighted by Crippen LogP contribution is 2.39.